The second kappa shape index (κ2) is 3.76. The molecule has 1 heterocycles. The lowest BCUT2D eigenvalue weighted by Gasteiger charge is -2.00. The summed E-state index contributed by atoms with van der Waals surface area (Å²) in [6, 6.07) is 10.7. The van der Waals surface area contributed by atoms with Gasteiger partial charge in [0.05, 0.1) is 12.7 Å². The first-order valence-corrected chi connectivity index (χ1v) is 5.65. The number of hydrogen-bond donors (Lipinski definition) is 1. The van der Waals surface area contributed by atoms with Gasteiger partial charge in [-0.3, -0.25) is 4.68 Å². The fraction of sp³-hybridized carbons (Fsp3) is 0.308. The molecule has 3 rings (SSSR count). The molecular weight excluding hydrogens is 198 g/mol. The number of benzene rings is 1. The topological polar surface area (TPSA) is 43.8 Å². The second-order valence-corrected chi connectivity index (χ2v) is 4.46. The molecule has 0 radical (unpaired) electrons. The molecule has 2 aromatic rings. The van der Waals surface area contributed by atoms with E-state index in [1.165, 1.54) is 11.1 Å². The highest BCUT2D eigenvalue weighted by Crippen LogP contribution is 2.38. The zero-order valence-electron chi connectivity index (χ0n) is 9.08. The SMILES string of the molecule is NC1CC1c1cnn(Cc2ccccc2)c1. The van der Waals surface area contributed by atoms with Gasteiger partial charge in [-0.2, -0.15) is 5.10 Å². The van der Waals surface area contributed by atoms with Crippen molar-refractivity contribution in [1.29, 1.82) is 0 Å². The van der Waals surface area contributed by atoms with E-state index in [9.17, 15) is 0 Å². The van der Waals surface area contributed by atoms with Gasteiger partial charge in [-0.25, -0.2) is 0 Å². The molecule has 16 heavy (non-hydrogen) atoms. The first kappa shape index (κ1) is 9.60. The van der Waals surface area contributed by atoms with Crippen molar-refractivity contribution in [2.75, 3.05) is 0 Å². The molecule has 1 aliphatic rings. The number of hydrogen-bond acceptors (Lipinski definition) is 2. The van der Waals surface area contributed by atoms with E-state index in [1.807, 2.05) is 16.9 Å². The Balaban J connectivity index is 1.73. The average molecular weight is 213 g/mol. The van der Waals surface area contributed by atoms with Crippen molar-refractivity contribution >= 4 is 0 Å². The van der Waals surface area contributed by atoms with E-state index in [0.29, 0.717) is 12.0 Å². The van der Waals surface area contributed by atoms with Crippen LogP contribution in [-0.2, 0) is 6.54 Å². The quantitative estimate of drug-likeness (QED) is 0.844. The molecule has 1 aromatic carbocycles. The summed E-state index contributed by atoms with van der Waals surface area (Å²) in [5.74, 6) is 0.546. The zero-order valence-corrected chi connectivity index (χ0v) is 9.08. The van der Waals surface area contributed by atoms with Gasteiger partial charge in [0.15, 0.2) is 0 Å². The molecule has 0 bridgehead atoms. The molecule has 1 saturated carbocycles. The molecule has 82 valence electrons. The van der Waals surface area contributed by atoms with E-state index in [4.69, 9.17) is 5.73 Å². The number of aromatic nitrogens is 2. The van der Waals surface area contributed by atoms with Crippen molar-refractivity contribution in [3.8, 4) is 0 Å². The maximum atomic E-state index is 5.82. The minimum Gasteiger partial charge on any atom is -0.327 e. The molecule has 2 atom stereocenters. The van der Waals surface area contributed by atoms with Gasteiger partial charge in [0.2, 0.25) is 0 Å². The highest BCUT2D eigenvalue weighted by molar-refractivity contribution is 5.23. The van der Waals surface area contributed by atoms with E-state index < -0.39 is 0 Å². The average Bonchev–Trinajstić information content (AvgIpc) is 2.86. The molecule has 2 unspecified atom stereocenters. The predicted octanol–water partition coefficient (Wildman–Crippen LogP) is 1.75. The van der Waals surface area contributed by atoms with Crippen molar-refractivity contribution in [2.24, 2.45) is 5.73 Å². The molecule has 0 amide bonds. The van der Waals surface area contributed by atoms with Crippen LogP contribution in [0.4, 0.5) is 0 Å². The summed E-state index contributed by atoms with van der Waals surface area (Å²) in [4.78, 5) is 0. The van der Waals surface area contributed by atoms with E-state index in [2.05, 4.69) is 35.6 Å². The van der Waals surface area contributed by atoms with Crippen molar-refractivity contribution in [1.82, 2.24) is 9.78 Å². The molecule has 3 nitrogen and oxygen atoms in total. The smallest absolute Gasteiger partial charge is 0.0659 e. The maximum absolute atomic E-state index is 5.82. The summed E-state index contributed by atoms with van der Waals surface area (Å²) in [5, 5.41) is 4.37. The number of rotatable bonds is 3. The van der Waals surface area contributed by atoms with E-state index >= 15 is 0 Å². The van der Waals surface area contributed by atoms with Gasteiger partial charge in [-0.15, -0.1) is 0 Å². The number of nitrogens with zero attached hydrogens (tertiary/aromatic N) is 2. The minimum atomic E-state index is 0.356. The fourth-order valence-electron chi connectivity index (χ4n) is 2.03. The molecular formula is C13H15N3. The molecule has 1 fully saturated rings. The van der Waals surface area contributed by atoms with E-state index in [0.717, 1.165) is 13.0 Å². The lowest BCUT2D eigenvalue weighted by atomic mass is 10.2. The Morgan fingerprint density at radius 1 is 1.31 bits per heavy atom. The molecule has 2 N–H and O–H groups in total. The first-order valence-electron chi connectivity index (χ1n) is 5.65. The molecule has 3 heteroatoms. The zero-order chi connectivity index (χ0) is 11.0. The lowest BCUT2D eigenvalue weighted by Crippen LogP contribution is -2.01. The molecule has 0 spiro atoms. The largest absolute Gasteiger partial charge is 0.327 e. The van der Waals surface area contributed by atoms with Crippen molar-refractivity contribution in [3.05, 3.63) is 53.9 Å². The third kappa shape index (κ3) is 1.86. The summed E-state index contributed by atoms with van der Waals surface area (Å²) in [7, 11) is 0. The minimum absolute atomic E-state index is 0.356. The van der Waals surface area contributed by atoms with Gasteiger partial charge in [-0.1, -0.05) is 30.3 Å². The number of nitrogens with two attached hydrogens (primary N) is 1. The van der Waals surface area contributed by atoms with Crippen LogP contribution in [0.3, 0.4) is 0 Å². The summed E-state index contributed by atoms with van der Waals surface area (Å²) < 4.78 is 1.98. The van der Waals surface area contributed by atoms with Gasteiger partial charge in [0.25, 0.3) is 0 Å². The standard InChI is InChI=1S/C13H15N3/c14-13-6-12(13)11-7-15-16(9-11)8-10-4-2-1-3-5-10/h1-5,7,9,12-13H,6,8,14H2. The Labute approximate surface area is 94.9 Å². The Morgan fingerprint density at radius 3 is 2.75 bits per heavy atom. The summed E-state index contributed by atoms with van der Waals surface area (Å²) >= 11 is 0. The van der Waals surface area contributed by atoms with Crippen LogP contribution in [0.25, 0.3) is 0 Å². The molecule has 1 aromatic heterocycles. The van der Waals surface area contributed by atoms with E-state index in [-0.39, 0.29) is 0 Å². The summed E-state index contributed by atoms with van der Waals surface area (Å²) in [5.41, 5.74) is 8.38. The van der Waals surface area contributed by atoms with Gasteiger partial charge < -0.3 is 5.73 Å². The third-order valence-corrected chi connectivity index (χ3v) is 3.11. The van der Waals surface area contributed by atoms with Gasteiger partial charge in [0, 0.05) is 18.2 Å². The highest BCUT2D eigenvalue weighted by Gasteiger charge is 2.35. The first-order chi connectivity index (χ1) is 7.83. The van der Waals surface area contributed by atoms with Crippen molar-refractivity contribution in [3.63, 3.8) is 0 Å². The summed E-state index contributed by atoms with van der Waals surface area (Å²) in [6.45, 7) is 0.836. The van der Waals surface area contributed by atoms with Crippen LogP contribution in [0.2, 0.25) is 0 Å². The predicted molar refractivity (Wildman–Crippen MR) is 63.1 cm³/mol. The van der Waals surface area contributed by atoms with Crippen LogP contribution in [0.1, 0.15) is 23.5 Å². The molecule has 1 aliphatic carbocycles. The van der Waals surface area contributed by atoms with Crippen LogP contribution >= 0.6 is 0 Å². The Bertz CT molecular complexity index is 475. The maximum Gasteiger partial charge on any atom is 0.0659 e. The summed E-state index contributed by atoms with van der Waals surface area (Å²) in [6.07, 6.45) is 5.17. The monoisotopic (exact) mass is 213 g/mol. The Hall–Kier alpha value is -1.61. The van der Waals surface area contributed by atoms with Gasteiger partial charge >= 0.3 is 0 Å². The van der Waals surface area contributed by atoms with Crippen molar-refractivity contribution in [2.45, 2.75) is 24.9 Å². The van der Waals surface area contributed by atoms with Crippen LogP contribution in [-0.4, -0.2) is 15.8 Å². The Morgan fingerprint density at radius 2 is 2.06 bits per heavy atom. The van der Waals surface area contributed by atoms with Crippen LogP contribution in [0.15, 0.2) is 42.7 Å². The lowest BCUT2D eigenvalue weighted by molar-refractivity contribution is 0.686. The molecule has 0 saturated heterocycles. The van der Waals surface area contributed by atoms with Gasteiger partial charge in [-0.05, 0) is 17.5 Å². The van der Waals surface area contributed by atoms with Crippen LogP contribution in [0.5, 0.6) is 0 Å². The highest BCUT2D eigenvalue weighted by atomic mass is 15.3. The Kier molecular flexibility index (Phi) is 2.26. The van der Waals surface area contributed by atoms with Crippen molar-refractivity contribution < 1.29 is 0 Å². The third-order valence-electron chi connectivity index (χ3n) is 3.11. The normalized spacial score (nSPS) is 23.3. The second-order valence-electron chi connectivity index (χ2n) is 4.46. The fourth-order valence-corrected chi connectivity index (χ4v) is 2.03. The van der Waals surface area contributed by atoms with Crippen LogP contribution < -0.4 is 5.73 Å². The van der Waals surface area contributed by atoms with E-state index in [1.54, 1.807) is 0 Å². The van der Waals surface area contributed by atoms with Crippen LogP contribution in [0, 0.1) is 0 Å². The molecule has 0 aliphatic heterocycles. The van der Waals surface area contributed by atoms with Gasteiger partial charge in [0.1, 0.15) is 0 Å².